The molecule has 2 aliphatic heterocycles. The van der Waals surface area contributed by atoms with Crippen molar-refractivity contribution in [1.29, 1.82) is 0 Å². The molecule has 2 nitrogen and oxygen atoms in total. The van der Waals surface area contributed by atoms with Crippen LogP contribution < -0.4 is 5.32 Å². The van der Waals surface area contributed by atoms with Crippen molar-refractivity contribution in [3.05, 3.63) is 0 Å². The van der Waals surface area contributed by atoms with Gasteiger partial charge >= 0.3 is 0 Å². The molecule has 3 heteroatoms. The Morgan fingerprint density at radius 2 is 2.40 bits per heavy atom. The van der Waals surface area contributed by atoms with Crippen LogP contribution in [0.25, 0.3) is 0 Å². The molecular formula is C12H24N2S. The largest absolute Gasteiger partial charge is 0.309 e. The molecule has 2 aliphatic rings. The highest BCUT2D eigenvalue weighted by atomic mass is 32.2. The molecule has 2 saturated heterocycles. The Morgan fingerprint density at radius 3 is 3.07 bits per heavy atom. The van der Waals surface area contributed by atoms with Gasteiger partial charge in [-0.25, -0.2) is 0 Å². The fourth-order valence-corrected chi connectivity index (χ4v) is 3.83. The first-order chi connectivity index (χ1) is 7.23. The topological polar surface area (TPSA) is 15.3 Å². The number of rotatable bonds is 2. The van der Waals surface area contributed by atoms with E-state index in [4.69, 9.17) is 0 Å². The first-order valence-corrected chi connectivity index (χ1v) is 7.46. The maximum atomic E-state index is 3.67. The van der Waals surface area contributed by atoms with Gasteiger partial charge in [0.2, 0.25) is 0 Å². The molecule has 0 aliphatic carbocycles. The quantitative estimate of drug-likeness (QED) is 0.778. The minimum Gasteiger partial charge on any atom is -0.309 e. The molecule has 2 atom stereocenters. The van der Waals surface area contributed by atoms with Crippen LogP contribution >= 0.6 is 11.8 Å². The third-order valence-electron chi connectivity index (χ3n) is 3.94. The molecule has 0 aromatic heterocycles. The smallest absolute Gasteiger partial charge is 0.0278 e. The normalized spacial score (nSPS) is 39.2. The van der Waals surface area contributed by atoms with E-state index in [0.29, 0.717) is 5.54 Å². The van der Waals surface area contributed by atoms with E-state index in [1.165, 1.54) is 50.4 Å². The van der Waals surface area contributed by atoms with Gasteiger partial charge in [0.15, 0.2) is 0 Å². The monoisotopic (exact) mass is 228 g/mol. The van der Waals surface area contributed by atoms with Gasteiger partial charge in [-0.05, 0) is 31.9 Å². The van der Waals surface area contributed by atoms with Crippen LogP contribution in [0.2, 0.25) is 0 Å². The highest BCUT2D eigenvalue weighted by molar-refractivity contribution is 7.99. The van der Waals surface area contributed by atoms with Crippen LogP contribution in [0.3, 0.4) is 0 Å². The van der Waals surface area contributed by atoms with Crippen LogP contribution in [0.1, 0.15) is 33.1 Å². The molecule has 0 aromatic rings. The van der Waals surface area contributed by atoms with E-state index in [9.17, 15) is 0 Å². The van der Waals surface area contributed by atoms with Gasteiger partial charge in [0, 0.05) is 37.0 Å². The predicted molar refractivity (Wildman–Crippen MR) is 68.6 cm³/mol. The first kappa shape index (κ1) is 11.7. The van der Waals surface area contributed by atoms with Crippen LogP contribution in [0.4, 0.5) is 0 Å². The number of hydrogen-bond acceptors (Lipinski definition) is 3. The average Bonchev–Trinajstić information content (AvgIpc) is 2.30. The predicted octanol–water partition coefficient (Wildman–Crippen LogP) is 1.96. The number of piperazine rings is 1. The lowest BCUT2D eigenvalue weighted by molar-refractivity contribution is 0.101. The molecule has 0 bridgehead atoms. The molecule has 15 heavy (non-hydrogen) atoms. The van der Waals surface area contributed by atoms with Crippen molar-refractivity contribution in [2.75, 3.05) is 31.1 Å². The van der Waals surface area contributed by atoms with Gasteiger partial charge < -0.3 is 5.32 Å². The summed E-state index contributed by atoms with van der Waals surface area (Å²) in [6.45, 7) is 8.34. The summed E-state index contributed by atoms with van der Waals surface area (Å²) in [6.07, 6.45) is 4.08. The van der Waals surface area contributed by atoms with Gasteiger partial charge in [-0.15, -0.1) is 0 Å². The van der Waals surface area contributed by atoms with Crippen molar-refractivity contribution in [1.82, 2.24) is 10.2 Å². The van der Waals surface area contributed by atoms with Gasteiger partial charge in [-0.3, -0.25) is 4.90 Å². The molecule has 88 valence electrons. The van der Waals surface area contributed by atoms with Crippen LogP contribution in [0.5, 0.6) is 0 Å². The second kappa shape index (κ2) is 5.07. The van der Waals surface area contributed by atoms with E-state index in [1.54, 1.807) is 0 Å². The summed E-state index contributed by atoms with van der Waals surface area (Å²) in [7, 11) is 0. The first-order valence-electron chi connectivity index (χ1n) is 6.30. The Labute approximate surface area is 98.2 Å². The van der Waals surface area contributed by atoms with Gasteiger partial charge in [-0.1, -0.05) is 6.92 Å². The number of nitrogens with one attached hydrogen (secondary N) is 1. The summed E-state index contributed by atoms with van der Waals surface area (Å²) in [6, 6.07) is 0.858. The summed E-state index contributed by atoms with van der Waals surface area (Å²) < 4.78 is 0. The molecule has 0 radical (unpaired) electrons. The summed E-state index contributed by atoms with van der Waals surface area (Å²) in [4.78, 5) is 2.73. The van der Waals surface area contributed by atoms with Crippen molar-refractivity contribution in [3.8, 4) is 0 Å². The van der Waals surface area contributed by atoms with Gasteiger partial charge in [0.05, 0.1) is 0 Å². The molecule has 0 amide bonds. The zero-order valence-electron chi connectivity index (χ0n) is 10.1. The highest BCUT2D eigenvalue weighted by Gasteiger charge is 2.32. The Balaban J connectivity index is 1.91. The average molecular weight is 228 g/mol. The molecule has 2 fully saturated rings. The summed E-state index contributed by atoms with van der Waals surface area (Å²) in [5, 5.41) is 3.67. The number of thioether (sulfide) groups is 1. The Hall–Kier alpha value is 0.270. The van der Waals surface area contributed by atoms with E-state index in [2.05, 4.69) is 35.8 Å². The molecule has 0 spiro atoms. The second-order valence-corrected chi connectivity index (χ2v) is 6.33. The van der Waals surface area contributed by atoms with Crippen molar-refractivity contribution in [3.63, 3.8) is 0 Å². The standard InChI is InChI=1S/C12H24N2S/c1-3-12(2)10-14(7-6-13-12)11-5-4-8-15-9-11/h11,13H,3-10H2,1-2H3. The lowest BCUT2D eigenvalue weighted by Gasteiger charge is -2.45. The zero-order chi connectivity index (χ0) is 10.7. The summed E-state index contributed by atoms with van der Waals surface area (Å²) in [5.41, 5.74) is 0.361. The van der Waals surface area contributed by atoms with E-state index in [-0.39, 0.29) is 0 Å². The number of hydrogen-bond donors (Lipinski definition) is 1. The maximum Gasteiger partial charge on any atom is 0.0278 e. The Kier molecular flexibility index (Phi) is 3.97. The van der Waals surface area contributed by atoms with E-state index in [1.807, 2.05) is 0 Å². The molecule has 2 unspecified atom stereocenters. The highest BCUT2D eigenvalue weighted by Crippen LogP contribution is 2.25. The fraction of sp³-hybridized carbons (Fsp3) is 1.00. The van der Waals surface area contributed by atoms with Gasteiger partial charge in [0.25, 0.3) is 0 Å². The second-order valence-electron chi connectivity index (χ2n) is 5.18. The third-order valence-corrected chi connectivity index (χ3v) is 5.13. The van der Waals surface area contributed by atoms with E-state index < -0.39 is 0 Å². The SMILES string of the molecule is CCC1(C)CN(C2CCCSC2)CCN1. The van der Waals surface area contributed by atoms with Gasteiger partial charge in [-0.2, -0.15) is 11.8 Å². The molecule has 0 aromatic carbocycles. The van der Waals surface area contributed by atoms with Crippen LogP contribution in [-0.4, -0.2) is 47.6 Å². The maximum absolute atomic E-state index is 3.67. The molecular weight excluding hydrogens is 204 g/mol. The van der Waals surface area contributed by atoms with Crippen LogP contribution in [-0.2, 0) is 0 Å². The van der Waals surface area contributed by atoms with Crippen molar-refractivity contribution >= 4 is 11.8 Å². The van der Waals surface area contributed by atoms with Crippen molar-refractivity contribution < 1.29 is 0 Å². The Bertz CT molecular complexity index is 204. The van der Waals surface area contributed by atoms with Crippen molar-refractivity contribution in [2.45, 2.75) is 44.7 Å². The summed E-state index contributed by atoms with van der Waals surface area (Å²) in [5.74, 6) is 2.74. The lowest BCUT2D eigenvalue weighted by atomic mass is 9.94. The summed E-state index contributed by atoms with van der Waals surface area (Å²) >= 11 is 2.14. The molecule has 0 saturated carbocycles. The fourth-order valence-electron chi connectivity index (χ4n) is 2.64. The van der Waals surface area contributed by atoms with E-state index >= 15 is 0 Å². The van der Waals surface area contributed by atoms with Crippen LogP contribution in [0, 0.1) is 0 Å². The van der Waals surface area contributed by atoms with E-state index in [0.717, 1.165) is 6.04 Å². The van der Waals surface area contributed by atoms with Gasteiger partial charge in [0.1, 0.15) is 0 Å². The number of nitrogens with zero attached hydrogens (tertiary/aromatic N) is 1. The molecule has 1 N–H and O–H groups in total. The minimum atomic E-state index is 0.361. The Morgan fingerprint density at radius 1 is 1.53 bits per heavy atom. The lowest BCUT2D eigenvalue weighted by Crippen LogP contribution is -2.61. The molecule has 2 rings (SSSR count). The van der Waals surface area contributed by atoms with Crippen LogP contribution in [0.15, 0.2) is 0 Å². The minimum absolute atomic E-state index is 0.361. The zero-order valence-corrected chi connectivity index (χ0v) is 10.9. The molecule has 2 heterocycles. The third kappa shape index (κ3) is 2.89. The van der Waals surface area contributed by atoms with Crippen molar-refractivity contribution in [2.24, 2.45) is 0 Å².